The molecule has 1 heterocycles. The lowest BCUT2D eigenvalue weighted by molar-refractivity contribution is 0.486. The van der Waals surface area contributed by atoms with Crippen molar-refractivity contribution in [2.24, 2.45) is 0 Å². The molecule has 2 rings (SSSR count). The molecule has 0 aliphatic heterocycles. The van der Waals surface area contributed by atoms with Crippen LogP contribution in [0.4, 0.5) is 0 Å². The van der Waals surface area contributed by atoms with Crippen molar-refractivity contribution < 1.29 is 0 Å². The van der Waals surface area contributed by atoms with Gasteiger partial charge < -0.3 is 10.3 Å². The number of nitrogens with one attached hydrogen (secondary N) is 2. The van der Waals surface area contributed by atoms with E-state index in [-0.39, 0.29) is 17.6 Å². The molecule has 4 nitrogen and oxygen atoms in total. The van der Waals surface area contributed by atoms with Gasteiger partial charge in [-0.3, -0.25) is 4.79 Å². The van der Waals surface area contributed by atoms with Crippen molar-refractivity contribution in [1.82, 2.24) is 15.3 Å². The Morgan fingerprint density at radius 2 is 1.86 bits per heavy atom. The third-order valence-corrected chi connectivity index (χ3v) is 4.29. The lowest BCUT2D eigenvalue weighted by atomic mass is 10.0. The highest BCUT2D eigenvalue weighted by atomic mass is 79.9. The van der Waals surface area contributed by atoms with Gasteiger partial charge in [-0.25, -0.2) is 4.98 Å². The Labute approximate surface area is 133 Å². The largest absolute Gasteiger partial charge is 0.310 e. The summed E-state index contributed by atoms with van der Waals surface area (Å²) in [6, 6.07) is 8.12. The van der Waals surface area contributed by atoms with E-state index in [0.29, 0.717) is 11.4 Å². The van der Waals surface area contributed by atoms with E-state index in [2.05, 4.69) is 44.2 Å². The quantitative estimate of drug-likeness (QED) is 0.887. The van der Waals surface area contributed by atoms with Crippen molar-refractivity contribution in [3.05, 3.63) is 61.7 Å². The summed E-state index contributed by atoms with van der Waals surface area (Å²) >= 11 is 3.56. The molecule has 5 heteroatoms. The van der Waals surface area contributed by atoms with Crippen molar-refractivity contribution in [2.75, 3.05) is 0 Å². The molecule has 112 valence electrons. The van der Waals surface area contributed by atoms with Crippen LogP contribution >= 0.6 is 15.9 Å². The minimum atomic E-state index is -0.0797. The van der Waals surface area contributed by atoms with Gasteiger partial charge in [-0.05, 0) is 39.3 Å². The maximum absolute atomic E-state index is 12.1. The van der Waals surface area contributed by atoms with E-state index >= 15 is 0 Å². The van der Waals surface area contributed by atoms with E-state index in [1.54, 1.807) is 6.92 Å². The summed E-state index contributed by atoms with van der Waals surface area (Å²) < 4.78 is 1.06. The Hall–Kier alpha value is -1.46. The smallest absolute Gasteiger partial charge is 0.255 e. The van der Waals surface area contributed by atoms with Crippen molar-refractivity contribution in [3.63, 3.8) is 0 Å². The molecule has 21 heavy (non-hydrogen) atoms. The van der Waals surface area contributed by atoms with Crippen molar-refractivity contribution in [1.29, 1.82) is 0 Å². The number of aromatic amines is 1. The van der Waals surface area contributed by atoms with E-state index in [1.165, 1.54) is 5.56 Å². The summed E-state index contributed by atoms with van der Waals surface area (Å²) in [4.78, 5) is 19.3. The molecule has 0 bridgehead atoms. The van der Waals surface area contributed by atoms with Crippen LogP contribution in [0.3, 0.4) is 0 Å². The van der Waals surface area contributed by atoms with Crippen molar-refractivity contribution in [3.8, 4) is 0 Å². The second-order valence-electron chi connectivity index (χ2n) is 5.28. The summed E-state index contributed by atoms with van der Waals surface area (Å²) in [7, 11) is 0. The van der Waals surface area contributed by atoms with Gasteiger partial charge in [0.05, 0.1) is 5.56 Å². The summed E-state index contributed by atoms with van der Waals surface area (Å²) in [6.45, 7) is 7.74. The lowest BCUT2D eigenvalue weighted by Gasteiger charge is -2.22. The highest BCUT2D eigenvalue weighted by Crippen LogP contribution is 2.25. The fourth-order valence-electron chi connectivity index (χ4n) is 2.62. The number of halogens is 1. The third kappa shape index (κ3) is 3.60. The minimum Gasteiger partial charge on any atom is -0.310 e. The van der Waals surface area contributed by atoms with Gasteiger partial charge in [0, 0.05) is 22.3 Å². The molecule has 2 N–H and O–H groups in total. The van der Waals surface area contributed by atoms with E-state index in [9.17, 15) is 4.79 Å². The van der Waals surface area contributed by atoms with Crippen LogP contribution in [0.25, 0.3) is 0 Å². The highest BCUT2D eigenvalue weighted by Gasteiger charge is 2.18. The number of benzene rings is 1. The average molecular weight is 350 g/mol. The van der Waals surface area contributed by atoms with Crippen LogP contribution in [0, 0.1) is 13.8 Å². The zero-order valence-electron chi connectivity index (χ0n) is 12.7. The first-order valence-electron chi connectivity index (χ1n) is 6.98. The van der Waals surface area contributed by atoms with Crippen LogP contribution in [0.2, 0.25) is 0 Å². The topological polar surface area (TPSA) is 57.8 Å². The zero-order chi connectivity index (χ0) is 15.6. The molecule has 2 unspecified atom stereocenters. The molecule has 0 radical (unpaired) electrons. The molecule has 0 amide bonds. The zero-order valence-corrected chi connectivity index (χ0v) is 14.3. The number of aryl methyl sites for hydroxylation is 2. The van der Waals surface area contributed by atoms with Crippen molar-refractivity contribution >= 4 is 15.9 Å². The lowest BCUT2D eigenvalue weighted by Crippen LogP contribution is -2.29. The maximum atomic E-state index is 12.1. The molecule has 2 aromatic rings. The molecular formula is C16H20BrN3O. The molecule has 0 saturated heterocycles. The standard InChI is InChI=1S/C16H20BrN3O/c1-9(13-7-5-6-8-14(13)17)18-10(2)15-11(3)19-12(4)20-16(15)21/h5-10,18H,1-4H3,(H,19,20,21). The van der Waals surface area contributed by atoms with Gasteiger partial charge in [-0.2, -0.15) is 0 Å². The van der Waals surface area contributed by atoms with Crippen LogP contribution in [-0.4, -0.2) is 9.97 Å². The van der Waals surface area contributed by atoms with E-state index < -0.39 is 0 Å². The molecule has 1 aromatic heterocycles. The molecular weight excluding hydrogens is 330 g/mol. The number of hydrogen-bond donors (Lipinski definition) is 2. The van der Waals surface area contributed by atoms with Crippen molar-refractivity contribution in [2.45, 2.75) is 39.8 Å². The van der Waals surface area contributed by atoms with Crippen LogP contribution in [-0.2, 0) is 0 Å². The summed E-state index contributed by atoms with van der Waals surface area (Å²) in [5, 5.41) is 3.46. The Morgan fingerprint density at radius 3 is 2.48 bits per heavy atom. The molecule has 0 aliphatic carbocycles. The van der Waals surface area contributed by atoms with Gasteiger partial charge in [0.25, 0.3) is 5.56 Å². The monoisotopic (exact) mass is 349 g/mol. The summed E-state index contributed by atoms with van der Waals surface area (Å²) in [6.07, 6.45) is 0. The maximum Gasteiger partial charge on any atom is 0.255 e. The molecule has 2 atom stereocenters. The number of hydrogen-bond acceptors (Lipinski definition) is 3. The number of rotatable bonds is 4. The molecule has 1 aromatic carbocycles. The highest BCUT2D eigenvalue weighted by molar-refractivity contribution is 9.10. The van der Waals surface area contributed by atoms with Crippen LogP contribution < -0.4 is 10.9 Å². The predicted octanol–water partition coefficient (Wildman–Crippen LogP) is 3.56. The van der Waals surface area contributed by atoms with Crippen LogP contribution in [0.15, 0.2) is 33.5 Å². The van der Waals surface area contributed by atoms with Crippen LogP contribution in [0.1, 0.15) is 48.6 Å². The van der Waals surface area contributed by atoms with Gasteiger partial charge in [0.15, 0.2) is 0 Å². The number of H-pyrrole nitrogens is 1. The fraction of sp³-hybridized carbons (Fsp3) is 0.375. The van der Waals surface area contributed by atoms with Crippen LogP contribution in [0.5, 0.6) is 0 Å². The van der Waals surface area contributed by atoms with E-state index in [4.69, 9.17) is 0 Å². The minimum absolute atomic E-state index is 0.0701. The fourth-order valence-corrected chi connectivity index (χ4v) is 3.25. The second kappa shape index (κ2) is 6.54. The second-order valence-corrected chi connectivity index (χ2v) is 6.14. The van der Waals surface area contributed by atoms with Gasteiger partial charge in [0.2, 0.25) is 0 Å². The molecule has 0 aliphatic rings. The van der Waals surface area contributed by atoms with E-state index in [0.717, 1.165) is 10.2 Å². The average Bonchev–Trinajstić information content (AvgIpc) is 2.37. The molecule has 0 saturated carbocycles. The Balaban J connectivity index is 2.25. The molecule has 0 spiro atoms. The Kier molecular flexibility index (Phi) is 4.96. The Morgan fingerprint density at radius 1 is 1.19 bits per heavy atom. The van der Waals surface area contributed by atoms with Gasteiger partial charge in [0.1, 0.15) is 5.82 Å². The van der Waals surface area contributed by atoms with Gasteiger partial charge in [-0.15, -0.1) is 0 Å². The van der Waals surface area contributed by atoms with E-state index in [1.807, 2.05) is 32.0 Å². The first-order chi connectivity index (χ1) is 9.90. The SMILES string of the molecule is Cc1nc(C)c(C(C)NC(C)c2ccccc2Br)c(=O)[nH]1. The van der Waals surface area contributed by atoms with Gasteiger partial charge >= 0.3 is 0 Å². The predicted molar refractivity (Wildman–Crippen MR) is 88.4 cm³/mol. The number of nitrogens with zero attached hydrogens (tertiary/aromatic N) is 1. The first kappa shape index (κ1) is 15.9. The Bertz CT molecular complexity index is 696. The normalized spacial score (nSPS) is 14.0. The number of aromatic nitrogens is 2. The summed E-state index contributed by atoms with van der Waals surface area (Å²) in [5.74, 6) is 0.646. The molecule has 0 fully saturated rings. The third-order valence-electron chi connectivity index (χ3n) is 3.57. The first-order valence-corrected chi connectivity index (χ1v) is 7.77. The summed E-state index contributed by atoms with van der Waals surface area (Å²) in [5.41, 5.74) is 2.56. The van der Waals surface area contributed by atoms with Gasteiger partial charge in [-0.1, -0.05) is 34.1 Å².